The summed E-state index contributed by atoms with van der Waals surface area (Å²) >= 11 is 12.8. The number of allylic oxidation sites excluding steroid dienone is 1. The number of hydrogen-bond donors (Lipinski definition) is 0. The SMILES string of the molecule is C=CCc1cc(/C=C2/SC(=S)N(c3ccc(C)cc3)C2=O)cc(OCC)c1OCc1ccc(Cl)cc1. The fourth-order valence-electron chi connectivity index (χ4n) is 3.77. The lowest BCUT2D eigenvalue weighted by Crippen LogP contribution is -2.27. The second-order valence-electron chi connectivity index (χ2n) is 8.20. The van der Waals surface area contributed by atoms with Gasteiger partial charge in [0, 0.05) is 10.6 Å². The molecule has 3 aromatic carbocycles. The topological polar surface area (TPSA) is 38.8 Å². The zero-order chi connectivity index (χ0) is 25.7. The Balaban J connectivity index is 1.65. The molecule has 4 nitrogen and oxygen atoms in total. The van der Waals surface area contributed by atoms with Gasteiger partial charge < -0.3 is 9.47 Å². The van der Waals surface area contributed by atoms with E-state index in [1.165, 1.54) is 11.8 Å². The number of hydrogen-bond acceptors (Lipinski definition) is 5. The molecule has 184 valence electrons. The maximum atomic E-state index is 13.2. The third-order valence-corrected chi connectivity index (χ3v) is 7.05. The molecule has 0 spiro atoms. The van der Waals surface area contributed by atoms with Gasteiger partial charge in [0.15, 0.2) is 15.8 Å². The van der Waals surface area contributed by atoms with Crippen LogP contribution in [0.5, 0.6) is 11.5 Å². The lowest BCUT2D eigenvalue weighted by molar-refractivity contribution is -0.113. The second kappa shape index (κ2) is 11.8. The fraction of sp³-hybridized carbons (Fsp3) is 0.172. The van der Waals surface area contributed by atoms with Gasteiger partial charge in [0.25, 0.3) is 5.91 Å². The Hall–Kier alpha value is -3.06. The van der Waals surface area contributed by atoms with Crippen molar-refractivity contribution in [1.82, 2.24) is 0 Å². The average Bonchev–Trinajstić information content (AvgIpc) is 3.13. The molecule has 1 fully saturated rings. The van der Waals surface area contributed by atoms with E-state index >= 15 is 0 Å². The number of halogens is 1. The van der Waals surface area contributed by atoms with E-state index in [-0.39, 0.29) is 5.91 Å². The molecule has 4 rings (SSSR count). The zero-order valence-electron chi connectivity index (χ0n) is 20.1. The number of benzene rings is 3. The summed E-state index contributed by atoms with van der Waals surface area (Å²) in [6.07, 6.45) is 4.26. The predicted molar refractivity (Wildman–Crippen MR) is 154 cm³/mol. The van der Waals surface area contributed by atoms with Gasteiger partial charge in [0.1, 0.15) is 6.61 Å². The maximum absolute atomic E-state index is 13.2. The first-order valence-electron chi connectivity index (χ1n) is 11.5. The van der Waals surface area contributed by atoms with Crippen molar-refractivity contribution >= 4 is 57.6 Å². The van der Waals surface area contributed by atoms with E-state index in [1.807, 2.05) is 86.7 Å². The van der Waals surface area contributed by atoms with Crippen molar-refractivity contribution in [2.75, 3.05) is 11.5 Å². The number of carbonyl (C=O) groups is 1. The van der Waals surface area contributed by atoms with Crippen molar-refractivity contribution in [3.05, 3.63) is 106 Å². The highest BCUT2D eigenvalue weighted by Crippen LogP contribution is 2.39. The molecule has 1 heterocycles. The summed E-state index contributed by atoms with van der Waals surface area (Å²) in [6, 6.07) is 19.2. The smallest absolute Gasteiger partial charge is 0.270 e. The molecule has 7 heteroatoms. The highest BCUT2D eigenvalue weighted by Gasteiger charge is 2.33. The Morgan fingerprint density at radius 1 is 1.08 bits per heavy atom. The first-order chi connectivity index (χ1) is 17.4. The van der Waals surface area contributed by atoms with Gasteiger partial charge in [-0.2, -0.15) is 0 Å². The van der Waals surface area contributed by atoms with Crippen LogP contribution in [0.3, 0.4) is 0 Å². The molecule has 0 N–H and O–H groups in total. The molecule has 0 radical (unpaired) electrons. The van der Waals surface area contributed by atoms with E-state index in [1.54, 1.807) is 4.90 Å². The average molecular weight is 536 g/mol. The third kappa shape index (κ3) is 6.01. The van der Waals surface area contributed by atoms with Crippen LogP contribution in [0, 0.1) is 6.92 Å². The highest BCUT2D eigenvalue weighted by atomic mass is 35.5. The number of thioether (sulfide) groups is 1. The Morgan fingerprint density at radius 3 is 2.47 bits per heavy atom. The Labute approximate surface area is 226 Å². The van der Waals surface area contributed by atoms with Crippen LogP contribution in [-0.4, -0.2) is 16.8 Å². The molecule has 1 aliphatic heterocycles. The molecular formula is C29H26ClNO3S2. The number of rotatable bonds is 9. The summed E-state index contributed by atoms with van der Waals surface area (Å²) in [6.45, 7) is 8.68. The highest BCUT2D eigenvalue weighted by molar-refractivity contribution is 8.27. The number of ether oxygens (including phenoxy) is 2. The lowest BCUT2D eigenvalue weighted by atomic mass is 10.0. The van der Waals surface area contributed by atoms with E-state index in [0.717, 1.165) is 27.9 Å². The fourth-order valence-corrected chi connectivity index (χ4v) is 5.20. The van der Waals surface area contributed by atoms with Crippen LogP contribution in [0.2, 0.25) is 5.02 Å². The van der Waals surface area contributed by atoms with Crippen molar-refractivity contribution in [2.45, 2.75) is 26.9 Å². The molecule has 0 bridgehead atoms. The van der Waals surface area contributed by atoms with Gasteiger partial charge in [0.05, 0.1) is 17.2 Å². The van der Waals surface area contributed by atoms with Crippen LogP contribution in [0.25, 0.3) is 6.08 Å². The van der Waals surface area contributed by atoms with Crippen LogP contribution >= 0.6 is 35.6 Å². The van der Waals surface area contributed by atoms with Gasteiger partial charge in [-0.25, -0.2) is 0 Å². The Kier molecular flexibility index (Phi) is 8.52. The van der Waals surface area contributed by atoms with Gasteiger partial charge in [0.2, 0.25) is 0 Å². The third-order valence-electron chi connectivity index (χ3n) is 5.50. The standard InChI is InChI=1S/C29H26ClNO3S2/c1-4-6-22-15-21(16-25(33-5-2)27(22)34-18-20-9-11-23(30)12-10-20)17-26-28(32)31(29(35)36-26)24-13-7-19(3)8-14-24/h4,7-17H,1,5-6,18H2,2-3H3/b26-17+. The van der Waals surface area contributed by atoms with E-state index in [4.69, 9.17) is 33.3 Å². The normalized spacial score (nSPS) is 14.4. The van der Waals surface area contributed by atoms with Crippen LogP contribution in [-0.2, 0) is 17.8 Å². The predicted octanol–water partition coefficient (Wildman–Crippen LogP) is 7.76. The number of thiocarbonyl (C=S) groups is 1. The molecule has 0 aromatic heterocycles. The first-order valence-corrected chi connectivity index (χ1v) is 13.1. The molecule has 0 atom stereocenters. The van der Waals surface area contributed by atoms with Gasteiger partial charge in [-0.15, -0.1) is 6.58 Å². The van der Waals surface area contributed by atoms with E-state index in [9.17, 15) is 4.79 Å². The van der Waals surface area contributed by atoms with Crippen LogP contribution in [0.4, 0.5) is 5.69 Å². The molecule has 1 amide bonds. The van der Waals surface area contributed by atoms with Gasteiger partial charge in [-0.05, 0) is 73.9 Å². The van der Waals surface area contributed by atoms with Crippen LogP contribution < -0.4 is 14.4 Å². The van der Waals surface area contributed by atoms with Crippen molar-refractivity contribution in [3.8, 4) is 11.5 Å². The molecular weight excluding hydrogens is 510 g/mol. The molecule has 0 unspecified atom stereocenters. The van der Waals surface area contributed by atoms with Gasteiger partial charge in [-0.1, -0.05) is 71.5 Å². The van der Waals surface area contributed by atoms with Crippen molar-refractivity contribution in [1.29, 1.82) is 0 Å². The maximum Gasteiger partial charge on any atom is 0.270 e. The molecule has 36 heavy (non-hydrogen) atoms. The summed E-state index contributed by atoms with van der Waals surface area (Å²) in [4.78, 5) is 15.4. The van der Waals surface area contributed by atoms with Gasteiger partial charge >= 0.3 is 0 Å². The zero-order valence-corrected chi connectivity index (χ0v) is 22.5. The minimum Gasteiger partial charge on any atom is -0.490 e. The monoisotopic (exact) mass is 535 g/mol. The number of anilines is 1. The molecule has 0 saturated carbocycles. The van der Waals surface area contributed by atoms with Crippen molar-refractivity contribution < 1.29 is 14.3 Å². The van der Waals surface area contributed by atoms with Crippen LogP contribution in [0.1, 0.15) is 29.2 Å². The van der Waals surface area contributed by atoms with Crippen molar-refractivity contribution in [3.63, 3.8) is 0 Å². The molecule has 3 aromatic rings. The number of aryl methyl sites for hydroxylation is 1. The Morgan fingerprint density at radius 2 is 1.81 bits per heavy atom. The first kappa shape index (κ1) is 26.0. The van der Waals surface area contributed by atoms with E-state index in [2.05, 4.69) is 6.58 Å². The van der Waals surface area contributed by atoms with E-state index in [0.29, 0.717) is 45.4 Å². The molecule has 1 aliphatic rings. The minimum atomic E-state index is -0.139. The largest absolute Gasteiger partial charge is 0.490 e. The lowest BCUT2D eigenvalue weighted by Gasteiger charge is -2.17. The summed E-state index contributed by atoms with van der Waals surface area (Å²) in [5.74, 6) is 1.14. The molecule has 0 aliphatic carbocycles. The van der Waals surface area contributed by atoms with Crippen molar-refractivity contribution in [2.24, 2.45) is 0 Å². The summed E-state index contributed by atoms with van der Waals surface area (Å²) < 4.78 is 12.7. The number of carbonyl (C=O) groups excluding carboxylic acids is 1. The second-order valence-corrected chi connectivity index (χ2v) is 10.3. The van der Waals surface area contributed by atoms with E-state index < -0.39 is 0 Å². The summed E-state index contributed by atoms with van der Waals surface area (Å²) in [5.41, 5.74) is 4.63. The summed E-state index contributed by atoms with van der Waals surface area (Å²) in [7, 11) is 0. The van der Waals surface area contributed by atoms with Crippen LogP contribution in [0.15, 0.2) is 78.2 Å². The molecule has 1 saturated heterocycles. The summed E-state index contributed by atoms with van der Waals surface area (Å²) in [5, 5.41) is 0.679. The Bertz CT molecular complexity index is 1320. The van der Waals surface area contributed by atoms with Gasteiger partial charge in [-0.3, -0.25) is 9.69 Å². The number of nitrogens with zero attached hydrogens (tertiary/aromatic N) is 1. The number of amides is 1. The quantitative estimate of drug-likeness (QED) is 0.159. The minimum absolute atomic E-state index is 0.139.